The van der Waals surface area contributed by atoms with Crippen molar-refractivity contribution in [2.75, 3.05) is 6.54 Å². The molecule has 6 nitrogen and oxygen atoms in total. The highest BCUT2D eigenvalue weighted by Crippen LogP contribution is 2.15. The Kier molecular flexibility index (Phi) is 5.24. The van der Waals surface area contributed by atoms with Crippen molar-refractivity contribution in [1.82, 2.24) is 14.9 Å². The van der Waals surface area contributed by atoms with E-state index in [0.29, 0.717) is 18.5 Å². The SMILES string of the molecule is C=CS(=O)(=O)NCCCc1ccc(-c2ccn[nH]c2=O)cc1. The maximum atomic E-state index is 11.6. The van der Waals surface area contributed by atoms with Crippen LogP contribution in [0.5, 0.6) is 0 Å². The summed E-state index contributed by atoms with van der Waals surface area (Å²) < 4.78 is 24.8. The standard InChI is InChI=1S/C15H17N3O3S/c1-2-22(20,21)17-10-3-4-12-5-7-13(8-6-12)14-9-11-16-18-15(14)19/h2,5-9,11,17H,1,3-4,10H2,(H,18,19). The molecule has 1 aromatic heterocycles. The lowest BCUT2D eigenvalue weighted by atomic mass is 10.0. The van der Waals surface area contributed by atoms with Gasteiger partial charge in [-0.2, -0.15) is 5.10 Å². The molecule has 2 N–H and O–H groups in total. The normalized spacial score (nSPS) is 11.3. The fourth-order valence-corrected chi connectivity index (χ4v) is 2.53. The maximum absolute atomic E-state index is 11.6. The van der Waals surface area contributed by atoms with Crippen molar-refractivity contribution in [3.63, 3.8) is 0 Å². The minimum Gasteiger partial charge on any atom is -0.267 e. The molecular formula is C15H17N3O3S. The Bertz CT molecular complexity index is 795. The highest BCUT2D eigenvalue weighted by atomic mass is 32.2. The molecule has 2 rings (SSSR count). The molecule has 0 aliphatic rings. The Hall–Kier alpha value is -2.25. The molecule has 0 amide bonds. The second-order valence-electron chi connectivity index (χ2n) is 4.71. The first-order valence-corrected chi connectivity index (χ1v) is 8.31. The number of H-pyrrole nitrogens is 1. The van der Waals surface area contributed by atoms with Gasteiger partial charge in [0, 0.05) is 23.7 Å². The zero-order valence-electron chi connectivity index (χ0n) is 12.0. The van der Waals surface area contributed by atoms with Crippen LogP contribution in [0.2, 0.25) is 0 Å². The van der Waals surface area contributed by atoms with Crippen LogP contribution in [0.3, 0.4) is 0 Å². The third kappa shape index (κ3) is 4.37. The summed E-state index contributed by atoms with van der Waals surface area (Å²) in [6, 6.07) is 9.26. The molecule has 2 aromatic rings. The van der Waals surface area contributed by atoms with Crippen molar-refractivity contribution in [2.24, 2.45) is 0 Å². The summed E-state index contributed by atoms with van der Waals surface area (Å²) in [5, 5.41) is 6.96. The summed E-state index contributed by atoms with van der Waals surface area (Å²) in [7, 11) is -3.35. The zero-order valence-corrected chi connectivity index (χ0v) is 12.8. The molecule has 0 spiro atoms. The molecule has 116 valence electrons. The van der Waals surface area contributed by atoms with E-state index in [-0.39, 0.29) is 5.56 Å². The van der Waals surface area contributed by atoms with E-state index in [1.807, 2.05) is 24.3 Å². The van der Waals surface area contributed by atoms with Crippen LogP contribution in [-0.2, 0) is 16.4 Å². The number of aryl methyl sites for hydroxylation is 1. The highest BCUT2D eigenvalue weighted by Gasteiger charge is 2.04. The third-order valence-corrected chi connectivity index (χ3v) is 4.20. The van der Waals surface area contributed by atoms with E-state index in [0.717, 1.165) is 23.0 Å². The van der Waals surface area contributed by atoms with Crippen LogP contribution >= 0.6 is 0 Å². The summed E-state index contributed by atoms with van der Waals surface area (Å²) in [4.78, 5) is 11.6. The molecule has 7 heteroatoms. The van der Waals surface area contributed by atoms with Gasteiger partial charge in [0.2, 0.25) is 10.0 Å². The summed E-state index contributed by atoms with van der Waals surface area (Å²) in [6.07, 6.45) is 2.96. The largest absolute Gasteiger partial charge is 0.272 e. The summed E-state index contributed by atoms with van der Waals surface area (Å²) in [6.45, 7) is 3.59. The van der Waals surface area contributed by atoms with Gasteiger partial charge in [-0.25, -0.2) is 18.2 Å². The van der Waals surface area contributed by atoms with Gasteiger partial charge in [-0.1, -0.05) is 30.8 Å². The average molecular weight is 319 g/mol. The van der Waals surface area contributed by atoms with E-state index in [1.54, 1.807) is 6.07 Å². The second kappa shape index (κ2) is 7.15. The van der Waals surface area contributed by atoms with Crippen molar-refractivity contribution < 1.29 is 8.42 Å². The van der Waals surface area contributed by atoms with E-state index in [1.165, 1.54) is 6.20 Å². The topological polar surface area (TPSA) is 91.9 Å². The van der Waals surface area contributed by atoms with Gasteiger partial charge in [0.1, 0.15) is 0 Å². The van der Waals surface area contributed by atoms with Gasteiger partial charge in [-0.3, -0.25) is 4.79 Å². The summed E-state index contributed by atoms with van der Waals surface area (Å²) >= 11 is 0. The number of benzene rings is 1. The van der Waals surface area contributed by atoms with Crippen molar-refractivity contribution in [3.05, 3.63) is 64.4 Å². The Labute approximate surface area is 129 Å². The van der Waals surface area contributed by atoms with E-state index in [4.69, 9.17) is 0 Å². The quantitative estimate of drug-likeness (QED) is 0.755. The molecule has 1 heterocycles. The summed E-state index contributed by atoms with van der Waals surface area (Å²) in [5.41, 5.74) is 2.24. The number of hydrogen-bond acceptors (Lipinski definition) is 4. The van der Waals surface area contributed by atoms with E-state index < -0.39 is 10.0 Å². The second-order valence-corrected chi connectivity index (χ2v) is 6.42. The van der Waals surface area contributed by atoms with E-state index in [2.05, 4.69) is 21.5 Å². The summed E-state index contributed by atoms with van der Waals surface area (Å²) in [5.74, 6) is 0. The highest BCUT2D eigenvalue weighted by molar-refractivity contribution is 7.92. The van der Waals surface area contributed by atoms with Crippen LogP contribution in [0.15, 0.2) is 53.3 Å². The monoisotopic (exact) mass is 319 g/mol. The third-order valence-electron chi connectivity index (χ3n) is 3.16. The van der Waals surface area contributed by atoms with Gasteiger partial charge in [-0.15, -0.1) is 0 Å². The lowest BCUT2D eigenvalue weighted by Crippen LogP contribution is -2.22. The van der Waals surface area contributed by atoms with E-state index in [9.17, 15) is 13.2 Å². The molecule has 0 bridgehead atoms. The average Bonchev–Trinajstić information content (AvgIpc) is 2.53. The van der Waals surface area contributed by atoms with Crippen LogP contribution in [0.1, 0.15) is 12.0 Å². The minimum atomic E-state index is -3.35. The van der Waals surface area contributed by atoms with Gasteiger partial charge >= 0.3 is 0 Å². The van der Waals surface area contributed by atoms with Crippen LogP contribution in [0.25, 0.3) is 11.1 Å². The molecule has 0 atom stereocenters. The van der Waals surface area contributed by atoms with Crippen LogP contribution in [0.4, 0.5) is 0 Å². The van der Waals surface area contributed by atoms with Crippen molar-refractivity contribution in [1.29, 1.82) is 0 Å². The lowest BCUT2D eigenvalue weighted by molar-refractivity contribution is 0.588. The number of nitrogens with zero attached hydrogens (tertiary/aromatic N) is 1. The molecule has 0 saturated carbocycles. The number of rotatable bonds is 7. The zero-order chi connectivity index (χ0) is 16.0. The predicted octanol–water partition coefficient (Wildman–Crippen LogP) is 1.43. The molecule has 0 saturated heterocycles. The Balaban J connectivity index is 1.94. The Morgan fingerprint density at radius 3 is 2.59 bits per heavy atom. The molecule has 22 heavy (non-hydrogen) atoms. The number of aromatic nitrogens is 2. The van der Waals surface area contributed by atoms with Gasteiger partial charge in [-0.05, 0) is 30.0 Å². The number of hydrogen-bond donors (Lipinski definition) is 2. The number of aromatic amines is 1. The molecule has 0 aliphatic carbocycles. The van der Waals surface area contributed by atoms with Crippen LogP contribution in [0, 0.1) is 0 Å². The van der Waals surface area contributed by atoms with E-state index >= 15 is 0 Å². The lowest BCUT2D eigenvalue weighted by Gasteiger charge is -2.05. The van der Waals surface area contributed by atoms with Crippen molar-refractivity contribution in [3.8, 4) is 11.1 Å². The Morgan fingerprint density at radius 1 is 1.23 bits per heavy atom. The fourth-order valence-electron chi connectivity index (χ4n) is 1.99. The fraction of sp³-hybridized carbons (Fsp3) is 0.200. The minimum absolute atomic E-state index is 0.228. The Morgan fingerprint density at radius 2 is 1.95 bits per heavy atom. The smallest absolute Gasteiger partial charge is 0.267 e. The van der Waals surface area contributed by atoms with Crippen LogP contribution < -0.4 is 10.3 Å². The maximum Gasteiger partial charge on any atom is 0.272 e. The number of nitrogens with one attached hydrogen (secondary N) is 2. The predicted molar refractivity (Wildman–Crippen MR) is 85.7 cm³/mol. The number of sulfonamides is 1. The first-order chi connectivity index (χ1) is 10.5. The van der Waals surface area contributed by atoms with Gasteiger partial charge in [0.25, 0.3) is 5.56 Å². The molecule has 0 aliphatic heterocycles. The van der Waals surface area contributed by atoms with Gasteiger partial charge in [0.15, 0.2) is 0 Å². The van der Waals surface area contributed by atoms with Gasteiger partial charge < -0.3 is 0 Å². The van der Waals surface area contributed by atoms with Crippen LogP contribution in [-0.4, -0.2) is 25.2 Å². The van der Waals surface area contributed by atoms with Crippen molar-refractivity contribution in [2.45, 2.75) is 12.8 Å². The molecular weight excluding hydrogens is 302 g/mol. The van der Waals surface area contributed by atoms with Crippen molar-refractivity contribution >= 4 is 10.0 Å². The molecule has 0 unspecified atom stereocenters. The first-order valence-electron chi connectivity index (χ1n) is 6.77. The van der Waals surface area contributed by atoms with Gasteiger partial charge in [0.05, 0.1) is 0 Å². The molecule has 1 aromatic carbocycles. The molecule has 0 fully saturated rings. The first kappa shape index (κ1) is 16.1. The molecule has 0 radical (unpaired) electrons.